The molecule has 1 aliphatic heterocycles. The highest BCUT2D eigenvalue weighted by Crippen LogP contribution is 2.29. The highest BCUT2D eigenvalue weighted by atomic mass is 79.9. The van der Waals surface area contributed by atoms with Gasteiger partial charge in [0.05, 0.1) is 16.4 Å². The van der Waals surface area contributed by atoms with E-state index in [4.69, 9.17) is 17.2 Å². The zero-order valence-electron chi connectivity index (χ0n) is 15.6. The minimum atomic E-state index is 0.325. The molecule has 3 aromatic rings. The van der Waals surface area contributed by atoms with Crippen LogP contribution in [0.15, 0.2) is 41.3 Å². The van der Waals surface area contributed by atoms with Crippen molar-refractivity contribution in [2.24, 2.45) is 0 Å². The summed E-state index contributed by atoms with van der Waals surface area (Å²) in [5.74, 6) is 1.24. The fourth-order valence-electron chi connectivity index (χ4n) is 3.55. The molecule has 0 aromatic carbocycles. The Balaban J connectivity index is 1.63. The van der Waals surface area contributed by atoms with Crippen molar-refractivity contribution in [1.82, 2.24) is 29.8 Å². The molecule has 1 saturated heterocycles. The molecule has 146 valence electrons. The first-order valence-corrected chi connectivity index (χ1v) is 10.5. The van der Waals surface area contributed by atoms with Crippen molar-refractivity contribution in [3.05, 3.63) is 52.5 Å². The number of nitrogens with one attached hydrogen (secondary N) is 2. The van der Waals surface area contributed by atoms with Gasteiger partial charge in [0, 0.05) is 51.1 Å². The predicted molar refractivity (Wildman–Crippen MR) is 117 cm³/mol. The number of thiocarbonyl (C=S) groups is 1. The van der Waals surface area contributed by atoms with Crippen molar-refractivity contribution in [2.45, 2.75) is 25.3 Å². The normalized spacial score (nSPS) is 16.9. The standard InChI is InChI=1S/C19H22BrN7S/c1-21-19(28)26-7-3-5-14(12-26)16-8-17(23-10-13-4-2-6-22-9-13)27-18(25-16)15(20)11-24-27/h2,4,6,8-9,11,14,23H,3,5,7,10,12H2,1H3,(H,21,28). The molecule has 7 nitrogen and oxygen atoms in total. The van der Waals surface area contributed by atoms with E-state index in [1.54, 1.807) is 12.4 Å². The maximum absolute atomic E-state index is 5.44. The number of hydrogen-bond acceptors (Lipinski definition) is 5. The van der Waals surface area contributed by atoms with Crippen LogP contribution in [0, 0.1) is 0 Å². The first-order chi connectivity index (χ1) is 13.7. The number of aromatic nitrogens is 4. The quantitative estimate of drug-likeness (QED) is 0.580. The van der Waals surface area contributed by atoms with Crippen LogP contribution in [0.1, 0.15) is 30.0 Å². The third-order valence-corrected chi connectivity index (χ3v) is 6.01. The van der Waals surface area contributed by atoms with E-state index in [0.717, 1.165) is 58.2 Å². The molecule has 0 spiro atoms. The highest BCUT2D eigenvalue weighted by Gasteiger charge is 2.25. The molecule has 2 N–H and O–H groups in total. The van der Waals surface area contributed by atoms with E-state index in [1.165, 1.54) is 0 Å². The van der Waals surface area contributed by atoms with Gasteiger partial charge in [0.25, 0.3) is 0 Å². The fraction of sp³-hybridized carbons (Fsp3) is 0.368. The maximum Gasteiger partial charge on any atom is 0.171 e. The average molecular weight is 460 g/mol. The number of pyridine rings is 1. The van der Waals surface area contributed by atoms with Gasteiger partial charge in [0.1, 0.15) is 5.82 Å². The zero-order chi connectivity index (χ0) is 19.5. The molecule has 28 heavy (non-hydrogen) atoms. The summed E-state index contributed by atoms with van der Waals surface area (Å²) in [6.45, 7) is 2.53. The van der Waals surface area contributed by atoms with E-state index < -0.39 is 0 Å². The smallest absolute Gasteiger partial charge is 0.171 e. The molecule has 9 heteroatoms. The Bertz CT molecular complexity index is 975. The summed E-state index contributed by atoms with van der Waals surface area (Å²) in [6.07, 6.45) is 7.62. The van der Waals surface area contributed by atoms with E-state index >= 15 is 0 Å². The first kappa shape index (κ1) is 19.1. The Morgan fingerprint density at radius 2 is 2.29 bits per heavy atom. The molecule has 0 bridgehead atoms. The van der Waals surface area contributed by atoms with Gasteiger partial charge in [0.2, 0.25) is 0 Å². The van der Waals surface area contributed by atoms with E-state index in [0.29, 0.717) is 12.5 Å². The Morgan fingerprint density at radius 1 is 1.39 bits per heavy atom. The molecule has 1 atom stereocenters. The number of piperidine rings is 1. The summed E-state index contributed by atoms with van der Waals surface area (Å²) in [4.78, 5) is 11.3. The van der Waals surface area contributed by atoms with Crippen LogP contribution in [0.4, 0.5) is 5.82 Å². The lowest BCUT2D eigenvalue weighted by Crippen LogP contribution is -2.43. The molecule has 1 unspecified atom stereocenters. The fourth-order valence-corrected chi connectivity index (χ4v) is 4.06. The first-order valence-electron chi connectivity index (χ1n) is 9.29. The number of rotatable bonds is 4. The van der Waals surface area contributed by atoms with Gasteiger partial charge >= 0.3 is 0 Å². The molecule has 1 fully saturated rings. The van der Waals surface area contributed by atoms with E-state index in [2.05, 4.69) is 53.7 Å². The Hall–Kier alpha value is -2.26. The maximum atomic E-state index is 5.44. The number of halogens is 1. The number of nitrogens with zero attached hydrogens (tertiary/aromatic N) is 5. The van der Waals surface area contributed by atoms with Crippen molar-refractivity contribution in [3.63, 3.8) is 0 Å². The van der Waals surface area contributed by atoms with Gasteiger partial charge in [0.15, 0.2) is 10.8 Å². The summed E-state index contributed by atoms with van der Waals surface area (Å²) in [5, 5.41) is 11.8. The molecule has 3 aromatic heterocycles. The predicted octanol–water partition coefficient (Wildman–Crippen LogP) is 3.18. The SMILES string of the molecule is CNC(=S)N1CCCC(c2cc(NCc3cccnc3)n3ncc(Br)c3n2)C1. The minimum absolute atomic E-state index is 0.325. The topological polar surface area (TPSA) is 70.4 Å². The molecule has 0 radical (unpaired) electrons. The van der Waals surface area contributed by atoms with Crippen molar-refractivity contribution >= 4 is 44.7 Å². The van der Waals surface area contributed by atoms with Crippen LogP contribution in [0.5, 0.6) is 0 Å². The number of fused-ring (bicyclic) bond motifs is 1. The van der Waals surface area contributed by atoms with Gasteiger partial charge in [-0.15, -0.1) is 0 Å². The molecular weight excluding hydrogens is 438 g/mol. The van der Waals surface area contributed by atoms with Crippen LogP contribution in [0.25, 0.3) is 5.65 Å². The lowest BCUT2D eigenvalue weighted by atomic mass is 9.94. The summed E-state index contributed by atoms with van der Waals surface area (Å²) in [5.41, 5.74) is 2.99. The second-order valence-electron chi connectivity index (χ2n) is 6.85. The van der Waals surface area contributed by atoms with Crippen LogP contribution in [-0.2, 0) is 6.54 Å². The van der Waals surface area contributed by atoms with Crippen LogP contribution < -0.4 is 10.6 Å². The van der Waals surface area contributed by atoms with E-state index in [9.17, 15) is 0 Å². The van der Waals surface area contributed by atoms with Crippen molar-refractivity contribution < 1.29 is 0 Å². The van der Waals surface area contributed by atoms with Crippen molar-refractivity contribution in [2.75, 3.05) is 25.5 Å². The summed E-state index contributed by atoms with van der Waals surface area (Å²) in [7, 11) is 1.88. The lowest BCUT2D eigenvalue weighted by molar-refractivity contribution is 0.304. The Morgan fingerprint density at radius 3 is 3.07 bits per heavy atom. The van der Waals surface area contributed by atoms with Gasteiger partial charge in [-0.05, 0) is 52.6 Å². The van der Waals surface area contributed by atoms with Gasteiger partial charge in [-0.25, -0.2) is 4.98 Å². The highest BCUT2D eigenvalue weighted by molar-refractivity contribution is 9.10. The lowest BCUT2D eigenvalue weighted by Gasteiger charge is -2.34. The zero-order valence-corrected chi connectivity index (χ0v) is 18.0. The molecule has 1 aliphatic rings. The van der Waals surface area contributed by atoms with Crippen LogP contribution in [0.3, 0.4) is 0 Å². The van der Waals surface area contributed by atoms with Gasteiger partial charge in [-0.2, -0.15) is 9.61 Å². The van der Waals surface area contributed by atoms with E-state index in [-0.39, 0.29) is 0 Å². The molecule has 4 rings (SSSR count). The van der Waals surface area contributed by atoms with Gasteiger partial charge < -0.3 is 15.5 Å². The molecule has 4 heterocycles. The largest absolute Gasteiger partial charge is 0.366 e. The van der Waals surface area contributed by atoms with Gasteiger partial charge in [-0.1, -0.05) is 6.07 Å². The van der Waals surface area contributed by atoms with Crippen molar-refractivity contribution in [3.8, 4) is 0 Å². The molecule has 0 aliphatic carbocycles. The molecular formula is C19H22BrN7S. The molecule has 0 amide bonds. The summed E-state index contributed by atoms with van der Waals surface area (Å²) >= 11 is 9.01. The van der Waals surface area contributed by atoms with Crippen LogP contribution in [0.2, 0.25) is 0 Å². The second kappa shape index (κ2) is 8.40. The van der Waals surface area contributed by atoms with Gasteiger partial charge in [-0.3, -0.25) is 4.98 Å². The third-order valence-electron chi connectivity index (χ3n) is 4.99. The van der Waals surface area contributed by atoms with Crippen LogP contribution in [-0.4, -0.2) is 49.7 Å². The second-order valence-corrected chi connectivity index (χ2v) is 8.09. The summed E-state index contributed by atoms with van der Waals surface area (Å²) < 4.78 is 2.72. The van der Waals surface area contributed by atoms with E-state index in [1.807, 2.05) is 23.8 Å². The number of hydrogen-bond donors (Lipinski definition) is 2. The average Bonchev–Trinajstić information content (AvgIpc) is 3.13. The third kappa shape index (κ3) is 3.95. The van der Waals surface area contributed by atoms with Crippen molar-refractivity contribution in [1.29, 1.82) is 0 Å². The summed E-state index contributed by atoms with van der Waals surface area (Å²) in [6, 6.07) is 6.10. The monoisotopic (exact) mass is 459 g/mol. The Kier molecular flexibility index (Phi) is 5.72. The molecule has 0 saturated carbocycles. The number of anilines is 1. The minimum Gasteiger partial charge on any atom is -0.366 e. The Labute approximate surface area is 177 Å². The van der Waals surface area contributed by atoms with Crippen LogP contribution >= 0.6 is 28.1 Å². The number of likely N-dealkylation sites (tertiary alicyclic amines) is 1.